The molecule has 0 unspecified atom stereocenters. The first-order valence-corrected chi connectivity index (χ1v) is 5.10. The Balaban J connectivity index is 2.50. The van der Waals surface area contributed by atoms with Crippen molar-refractivity contribution in [2.45, 2.75) is 25.9 Å². The highest BCUT2D eigenvalue weighted by Gasteiger charge is 2.37. The highest BCUT2D eigenvalue weighted by molar-refractivity contribution is 5.55. The fraction of sp³-hybridized carbons (Fsp3) is 0.400. The summed E-state index contributed by atoms with van der Waals surface area (Å²) in [6.07, 6.45) is -2.76. The minimum Gasteiger partial charge on any atom is -0.334 e. The van der Waals surface area contributed by atoms with Gasteiger partial charge in [-0.2, -0.15) is 18.2 Å². The van der Waals surface area contributed by atoms with Gasteiger partial charge in [0.2, 0.25) is 0 Å². The van der Waals surface area contributed by atoms with E-state index < -0.39 is 11.9 Å². The Bertz CT molecular complexity index is 550. The number of rotatable bonds is 2. The Morgan fingerprint density at radius 3 is 2.56 bits per heavy atom. The first kappa shape index (κ1) is 12.5. The lowest BCUT2D eigenvalue weighted by Crippen LogP contribution is -2.10. The average Bonchev–Trinajstić information content (AvgIpc) is 2.77. The van der Waals surface area contributed by atoms with E-state index in [1.165, 1.54) is 0 Å². The van der Waals surface area contributed by atoms with Gasteiger partial charge in [0.15, 0.2) is 11.5 Å². The third-order valence-electron chi connectivity index (χ3n) is 2.17. The van der Waals surface area contributed by atoms with Crippen molar-refractivity contribution in [1.82, 2.24) is 20.1 Å². The van der Waals surface area contributed by atoms with E-state index in [9.17, 15) is 13.2 Å². The monoisotopic (exact) mass is 258 g/mol. The second-order valence-electron chi connectivity index (χ2n) is 3.90. The summed E-state index contributed by atoms with van der Waals surface area (Å²) in [5, 5.41) is 3.61. The average molecular weight is 258 g/mol. The highest BCUT2D eigenvalue weighted by atomic mass is 19.4. The van der Waals surface area contributed by atoms with E-state index in [0.717, 1.165) is 12.5 Å². The summed E-state index contributed by atoms with van der Waals surface area (Å²) >= 11 is 0. The molecular weight excluding hydrogens is 249 g/mol. The third-order valence-corrected chi connectivity index (χ3v) is 2.17. The molecule has 0 saturated carbocycles. The zero-order chi connectivity index (χ0) is 13.3. The van der Waals surface area contributed by atoms with Crippen LogP contribution in [0, 0.1) is 0 Å². The van der Waals surface area contributed by atoms with Crippen molar-refractivity contribution >= 4 is 0 Å². The Morgan fingerprint density at radius 2 is 2.00 bits per heavy atom. The summed E-state index contributed by atoms with van der Waals surface area (Å²) in [6.45, 7) is 3.61. The molecule has 0 atom stereocenters. The smallest absolute Gasteiger partial charge is 0.334 e. The van der Waals surface area contributed by atoms with Gasteiger partial charge in [-0.1, -0.05) is 19.0 Å². The summed E-state index contributed by atoms with van der Waals surface area (Å²) in [4.78, 5) is 10.7. The van der Waals surface area contributed by atoms with Crippen LogP contribution in [-0.2, 0) is 6.18 Å². The van der Waals surface area contributed by atoms with Crippen molar-refractivity contribution in [3.05, 3.63) is 24.0 Å². The maximum Gasteiger partial charge on any atom is 0.434 e. The molecule has 5 nitrogen and oxygen atoms in total. The van der Waals surface area contributed by atoms with E-state index in [4.69, 9.17) is 4.52 Å². The fourth-order valence-corrected chi connectivity index (χ4v) is 1.29. The molecule has 2 rings (SSSR count). The Kier molecular flexibility index (Phi) is 3.02. The topological polar surface area (TPSA) is 64.7 Å². The van der Waals surface area contributed by atoms with Crippen molar-refractivity contribution in [2.24, 2.45) is 0 Å². The molecule has 0 N–H and O–H groups in total. The van der Waals surface area contributed by atoms with Crippen LogP contribution in [0.1, 0.15) is 31.3 Å². The zero-order valence-corrected chi connectivity index (χ0v) is 9.56. The van der Waals surface area contributed by atoms with Crippen LogP contribution in [-0.4, -0.2) is 20.1 Å². The Labute approximate surface area is 100 Å². The second-order valence-corrected chi connectivity index (χ2v) is 3.90. The summed E-state index contributed by atoms with van der Waals surface area (Å²) in [5.41, 5.74) is -1.40. The molecule has 2 heterocycles. The van der Waals surface area contributed by atoms with Crippen molar-refractivity contribution in [3.63, 3.8) is 0 Å². The van der Waals surface area contributed by atoms with Gasteiger partial charge in [0, 0.05) is 12.1 Å². The minimum absolute atomic E-state index is 0.0403. The van der Waals surface area contributed by atoms with E-state index in [-0.39, 0.29) is 17.4 Å². The van der Waals surface area contributed by atoms with Gasteiger partial charge < -0.3 is 4.52 Å². The highest BCUT2D eigenvalue weighted by Crippen LogP contribution is 2.34. The van der Waals surface area contributed by atoms with E-state index in [1.807, 2.05) is 0 Å². The van der Waals surface area contributed by atoms with Gasteiger partial charge >= 0.3 is 6.18 Å². The molecule has 0 saturated heterocycles. The summed E-state index contributed by atoms with van der Waals surface area (Å²) in [5.74, 6) is 0.0649. The Morgan fingerprint density at radius 1 is 1.28 bits per heavy atom. The molecule has 0 amide bonds. The maximum absolute atomic E-state index is 12.7. The lowest BCUT2D eigenvalue weighted by molar-refractivity contribution is -0.140. The van der Waals surface area contributed by atoms with Crippen molar-refractivity contribution in [2.75, 3.05) is 0 Å². The van der Waals surface area contributed by atoms with Crippen LogP contribution < -0.4 is 0 Å². The SMILES string of the molecule is CC(C)c1noc(-c2cncnc2C(F)(F)F)n1. The van der Waals surface area contributed by atoms with Crippen LogP contribution in [0.5, 0.6) is 0 Å². The van der Waals surface area contributed by atoms with Crippen molar-refractivity contribution in [1.29, 1.82) is 0 Å². The largest absolute Gasteiger partial charge is 0.434 e. The van der Waals surface area contributed by atoms with E-state index >= 15 is 0 Å². The predicted octanol–water partition coefficient (Wildman–Crippen LogP) is 2.67. The van der Waals surface area contributed by atoms with Gasteiger partial charge in [-0.05, 0) is 0 Å². The quantitative estimate of drug-likeness (QED) is 0.828. The molecule has 18 heavy (non-hydrogen) atoms. The van der Waals surface area contributed by atoms with Crippen LogP contribution in [0.25, 0.3) is 11.5 Å². The number of alkyl halides is 3. The number of hydrogen-bond acceptors (Lipinski definition) is 5. The number of hydrogen-bond donors (Lipinski definition) is 0. The lowest BCUT2D eigenvalue weighted by Gasteiger charge is -2.07. The molecule has 0 spiro atoms. The van der Waals surface area contributed by atoms with Gasteiger partial charge in [0.25, 0.3) is 5.89 Å². The van der Waals surface area contributed by atoms with E-state index in [0.29, 0.717) is 5.82 Å². The van der Waals surface area contributed by atoms with Crippen molar-refractivity contribution < 1.29 is 17.7 Å². The molecule has 0 aliphatic carbocycles. The first-order valence-electron chi connectivity index (χ1n) is 5.10. The Hall–Kier alpha value is -1.99. The van der Waals surface area contributed by atoms with Gasteiger partial charge in [-0.25, -0.2) is 9.97 Å². The zero-order valence-electron chi connectivity index (χ0n) is 9.56. The minimum atomic E-state index is -4.59. The van der Waals surface area contributed by atoms with Gasteiger partial charge in [0.1, 0.15) is 6.33 Å². The molecule has 0 radical (unpaired) electrons. The number of halogens is 3. The fourth-order valence-electron chi connectivity index (χ4n) is 1.29. The molecule has 0 fully saturated rings. The van der Waals surface area contributed by atoms with Crippen LogP contribution in [0.15, 0.2) is 17.0 Å². The standard InChI is InChI=1S/C10H9F3N4O/c1-5(2)8-16-9(18-17-8)6-3-14-4-15-7(6)10(11,12)13/h3-5H,1-2H3. The molecule has 2 aromatic rings. The molecule has 0 aliphatic heterocycles. The van der Waals surface area contributed by atoms with Crippen LogP contribution >= 0.6 is 0 Å². The normalized spacial score (nSPS) is 12.1. The van der Waals surface area contributed by atoms with Crippen LogP contribution in [0.4, 0.5) is 13.2 Å². The summed E-state index contributed by atoms with van der Waals surface area (Å²) < 4.78 is 43.0. The van der Waals surface area contributed by atoms with Crippen molar-refractivity contribution in [3.8, 4) is 11.5 Å². The third kappa shape index (κ3) is 2.31. The van der Waals surface area contributed by atoms with E-state index in [1.54, 1.807) is 13.8 Å². The first-order chi connectivity index (χ1) is 8.39. The molecule has 0 aromatic carbocycles. The molecular formula is C10H9F3N4O. The molecule has 2 aromatic heterocycles. The van der Waals surface area contributed by atoms with Gasteiger partial charge in [0.05, 0.1) is 5.56 Å². The van der Waals surface area contributed by atoms with Gasteiger partial charge in [-0.15, -0.1) is 0 Å². The molecule has 8 heteroatoms. The predicted molar refractivity (Wildman–Crippen MR) is 54.4 cm³/mol. The number of aromatic nitrogens is 4. The number of nitrogens with zero attached hydrogens (tertiary/aromatic N) is 4. The molecule has 96 valence electrons. The van der Waals surface area contributed by atoms with Crippen LogP contribution in [0.2, 0.25) is 0 Å². The molecule has 0 bridgehead atoms. The van der Waals surface area contributed by atoms with Crippen LogP contribution in [0.3, 0.4) is 0 Å². The molecule has 0 aliphatic rings. The summed E-state index contributed by atoms with van der Waals surface area (Å²) in [6, 6.07) is 0. The summed E-state index contributed by atoms with van der Waals surface area (Å²) in [7, 11) is 0. The van der Waals surface area contributed by atoms with Gasteiger partial charge in [-0.3, -0.25) is 0 Å². The maximum atomic E-state index is 12.7. The van der Waals surface area contributed by atoms with E-state index in [2.05, 4.69) is 20.1 Å². The lowest BCUT2D eigenvalue weighted by atomic mass is 10.2. The second kappa shape index (κ2) is 4.35.